The summed E-state index contributed by atoms with van der Waals surface area (Å²) in [6, 6.07) is 1.68. The van der Waals surface area contributed by atoms with Crippen LogP contribution in [0.15, 0.2) is 0 Å². The van der Waals surface area contributed by atoms with Crippen LogP contribution in [0.2, 0.25) is 0 Å². The summed E-state index contributed by atoms with van der Waals surface area (Å²) in [5, 5.41) is 13.5. The van der Waals surface area contributed by atoms with Crippen molar-refractivity contribution < 1.29 is 5.11 Å². The van der Waals surface area contributed by atoms with Crippen molar-refractivity contribution in [3.63, 3.8) is 0 Å². The Balaban J connectivity index is 2.66. The van der Waals surface area contributed by atoms with Crippen LogP contribution in [0.4, 0.5) is 0 Å². The van der Waals surface area contributed by atoms with E-state index in [1.165, 1.54) is 25.7 Å². The molecule has 0 heterocycles. The van der Waals surface area contributed by atoms with E-state index < -0.39 is 0 Å². The molecule has 0 aliphatic heterocycles. The number of aliphatic hydroxyl groups excluding tert-OH is 1. The average Bonchev–Trinajstić information content (AvgIpc) is 2.37. The van der Waals surface area contributed by atoms with Crippen LogP contribution in [-0.2, 0) is 0 Å². The lowest BCUT2D eigenvalue weighted by Gasteiger charge is -2.46. The number of hydrogen-bond acceptors (Lipinski definition) is 3. The third-order valence-electron chi connectivity index (χ3n) is 4.69. The Morgan fingerprint density at radius 2 is 2.05 bits per heavy atom. The molecule has 3 atom stereocenters. The van der Waals surface area contributed by atoms with Gasteiger partial charge in [-0.1, -0.05) is 27.2 Å². The molecule has 19 heavy (non-hydrogen) atoms. The number of aliphatic hydroxyl groups is 1. The van der Waals surface area contributed by atoms with Gasteiger partial charge in [0.15, 0.2) is 0 Å². The monoisotopic (exact) mass is 270 g/mol. The molecular formula is C16H34N2O. The lowest BCUT2D eigenvalue weighted by molar-refractivity contribution is 0.0492. The Labute approximate surface area is 119 Å². The molecule has 3 unspecified atom stereocenters. The second kappa shape index (κ2) is 7.61. The second-order valence-corrected chi connectivity index (χ2v) is 6.79. The Morgan fingerprint density at radius 3 is 2.58 bits per heavy atom. The molecule has 2 N–H and O–H groups in total. The molecule has 0 saturated heterocycles. The first-order chi connectivity index (χ1) is 8.94. The Kier molecular flexibility index (Phi) is 6.78. The highest BCUT2D eigenvalue weighted by Crippen LogP contribution is 2.32. The molecule has 3 nitrogen and oxygen atoms in total. The largest absolute Gasteiger partial charge is 0.394 e. The maximum absolute atomic E-state index is 9.85. The van der Waals surface area contributed by atoms with E-state index in [1.807, 2.05) is 0 Å². The maximum Gasteiger partial charge on any atom is 0.0613 e. The standard InChI is InChI=1S/C16H34N2O/c1-6-8-14(4)18(5)15-9-7-10-16(11-15,12-19)17-13(2)3/h13-15,17,19H,6-12H2,1-5H3. The normalized spacial score (nSPS) is 30.0. The number of hydrogen-bond donors (Lipinski definition) is 2. The molecule has 1 aliphatic rings. The maximum atomic E-state index is 9.85. The molecule has 0 aromatic rings. The molecule has 0 radical (unpaired) electrons. The molecule has 1 saturated carbocycles. The molecule has 3 heteroatoms. The van der Waals surface area contributed by atoms with Gasteiger partial charge >= 0.3 is 0 Å². The smallest absolute Gasteiger partial charge is 0.0613 e. The number of rotatable bonds is 7. The van der Waals surface area contributed by atoms with Crippen LogP contribution in [0.3, 0.4) is 0 Å². The van der Waals surface area contributed by atoms with E-state index in [4.69, 9.17) is 0 Å². The second-order valence-electron chi connectivity index (χ2n) is 6.79. The molecule has 114 valence electrons. The minimum atomic E-state index is -0.0583. The zero-order valence-electron chi connectivity index (χ0n) is 13.6. The first kappa shape index (κ1) is 16.9. The van der Waals surface area contributed by atoms with Crippen molar-refractivity contribution in [2.24, 2.45) is 0 Å². The number of nitrogens with zero attached hydrogens (tertiary/aromatic N) is 1. The van der Waals surface area contributed by atoms with Gasteiger partial charge in [0.25, 0.3) is 0 Å². The van der Waals surface area contributed by atoms with Crippen molar-refractivity contribution in [1.82, 2.24) is 10.2 Å². The summed E-state index contributed by atoms with van der Waals surface area (Å²) in [5.74, 6) is 0. The van der Waals surface area contributed by atoms with E-state index in [0.717, 1.165) is 12.8 Å². The van der Waals surface area contributed by atoms with Gasteiger partial charge in [0, 0.05) is 23.7 Å². The zero-order chi connectivity index (χ0) is 14.5. The average molecular weight is 270 g/mol. The van der Waals surface area contributed by atoms with E-state index in [0.29, 0.717) is 18.1 Å². The summed E-state index contributed by atoms with van der Waals surface area (Å²) >= 11 is 0. The quantitative estimate of drug-likeness (QED) is 0.747. The summed E-state index contributed by atoms with van der Waals surface area (Å²) in [7, 11) is 2.26. The minimum Gasteiger partial charge on any atom is -0.394 e. The molecule has 1 rings (SSSR count). The molecule has 0 spiro atoms. The summed E-state index contributed by atoms with van der Waals surface area (Å²) in [5.41, 5.74) is -0.0583. The Hall–Kier alpha value is -0.120. The van der Waals surface area contributed by atoms with Gasteiger partial charge in [0.1, 0.15) is 0 Å². The molecule has 0 aromatic carbocycles. The van der Waals surface area contributed by atoms with Crippen molar-refractivity contribution in [1.29, 1.82) is 0 Å². The van der Waals surface area contributed by atoms with Crippen molar-refractivity contribution in [3.05, 3.63) is 0 Å². The van der Waals surface area contributed by atoms with Crippen molar-refractivity contribution >= 4 is 0 Å². The van der Waals surface area contributed by atoms with Gasteiger partial charge in [-0.25, -0.2) is 0 Å². The number of nitrogens with one attached hydrogen (secondary N) is 1. The van der Waals surface area contributed by atoms with E-state index in [9.17, 15) is 5.11 Å². The van der Waals surface area contributed by atoms with Crippen LogP contribution in [0, 0.1) is 0 Å². The SMILES string of the molecule is CCCC(C)N(C)C1CCCC(CO)(NC(C)C)C1. The fraction of sp³-hybridized carbons (Fsp3) is 1.00. The minimum absolute atomic E-state index is 0.0583. The molecule has 0 bridgehead atoms. The van der Waals surface area contributed by atoms with Crippen LogP contribution >= 0.6 is 0 Å². The van der Waals surface area contributed by atoms with E-state index in [2.05, 4.69) is 45.0 Å². The van der Waals surface area contributed by atoms with Crippen LogP contribution < -0.4 is 5.32 Å². The first-order valence-electron chi connectivity index (χ1n) is 8.04. The lowest BCUT2D eigenvalue weighted by Crippen LogP contribution is -2.58. The molecule has 1 fully saturated rings. The topological polar surface area (TPSA) is 35.5 Å². The highest BCUT2D eigenvalue weighted by atomic mass is 16.3. The summed E-state index contributed by atoms with van der Waals surface area (Å²) in [6.07, 6.45) is 7.17. The van der Waals surface area contributed by atoms with Gasteiger partial charge in [-0.3, -0.25) is 0 Å². The predicted molar refractivity (Wildman–Crippen MR) is 82.5 cm³/mol. The fourth-order valence-electron chi connectivity index (χ4n) is 3.59. The summed E-state index contributed by atoms with van der Waals surface area (Å²) in [6.45, 7) is 9.19. The molecular weight excluding hydrogens is 236 g/mol. The van der Waals surface area contributed by atoms with Crippen LogP contribution in [0.25, 0.3) is 0 Å². The predicted octanol–water partition coefficient (Wildman–Crippen LogP) is 2.78. The van der Waals surface area contributed by atoms with Gasteiger partial charge in [0.05, 0.1) is 6.61 Å². The van der Waals surface area contributed by atoms with E-state index in [1.54, 1.807) is 0 Å². The highest BCUT2D eigenvalue weighted by molar-refractivity contribution is 4.97. The molecule has 0 aromatic heterocycles. The third-order valence-corrected chi connectivity index (χ3v) is 4.69. The van der Waals surface area contributed by atoms with Gasteiger partial charge in [0.2, 0.25) is 0 Å². The van der Waals surface area contributed by atoms with Crippen LogP contribution in [0.1, 0.15) is 66.2 Å². The van der Waals surface area contributed by atoms with E-state index >= 15 is 0 Å². The van der Waals surface area contributed by atoms with E-state index in [-0.39, 0.29) is 12.1 Å². The summed E-state index contributed by atoms with van der Waals surface area (Å²) < 4.78 is 0. The Morgan fingerprint density at radius 1 is 1.37 bits per heavy atom. The lowest BCUT2D eigenvalue weighted by atomic mass is 9.78. The zero-order valence-corrected chi connectivity index (χ0v) is 13.6. The van der Waals surface area contributed by atoms with Crippen LogP contribution in [0.5, 0.6) is 0 Å². The van der Waals surface area contributed by atoms with Gasteiger partial charge in [-0.2, -0.15) is 0 Å². The van der Waals surface area contributed by atoms with Gasteiger partial charge < -0.3 is 15.3 Å². The van der Waals surface area contributed by atoms with Gasteiger partial charge in [-0.05, 0) is 46.1 Å². The molecule has 1 aliphatic carbocycles. The highest BCUT2D eigenvalue weighted by Gasteiger charge is 2.38. The van der Waals surface area contributed by atoms with Crippen molar-refractivity contribution in [2.45, 2.75) is 89.9 Å². The van der Waals surface area contributed by atoms with Gasteiger partial charge in [-0.15, -0.1) is 0 Å². The van der Waals surface area contributed by atoms with Crippen LogP contribution in [-0.4, -0.2) is 47.3 Å². The first-order valence-corrected chi connectivity index (χ1v) is 8.04. The summed E-state index contributed by atoms with van der Waals surface area (Å²) in [4.78, 5) is 2.54. The molecule has 0 amide bonds. The van der Waals surface area contributed by atoms with Crippen molar-refractivity contribution in [3.8, 4) is 0 Å². The third kappa shape index (κ3) is 4.73. The van der Waals surface area contributed by atoms with Crippen molar-refractivity contribution in [2.75, 3.05) is 13.7 Å². The Bertz CT molecular complexity index is 257. The fourth-order valence-corrected chi connectivity index (χ4v) is 3.59.